The summed E-state index contributed by atoms with van der Waals surface area (Å²) in [6, 6.07) is 1.42. The molecule has 0 heterocycles. The minimum absolute atomic E-state index is 0.246. The van der Waals surface area contributed by atoms with Crippen molar-refractivity contribution in [3.63, 3.8) is 0 Å². The van der Waals surface area contributed by atoms with Gasteiger partial charge in [0.25, 0.3) is 0 Å². The molecule has 0 aromatic heterocycles. The highest BCUT2D eigenvalue weighted by atomic mass is 28.3. The fourth-order valence-corrected chi connectivity index (χ4v) is 5.01. The summed E-state index contributed by atoms with van der Waals surface area (Å²) in [6.45, 7) is 20.1. The van der Waals surface area contributed by atoms with E-state index in [9.17, 15) is 0 Å². The Hall–Kier alpha value is 0.177. The third-order valence-electron chi connectivity index (χ3n) is 2.86. The van der Waals surface area contributed by atoms with Gasteiger partial charge in [-0.15, -0.1) is 0 Å². The van der Waals surface area contributed by atoms with E-state index in [1.807, 2.05) is 0 Å². The maximum absolute atomic E-state index is 3.66. The van der Waals surface area contributed by atoms with Crippen LogP contribution in [0.4, 0.5) is 0 Å². The number of hydrogen-bond acceptors (Lipinski definition) is 1. The van der Waals surface area contributed by atoms with E-state index in [-0.39, 0.29) is 5.54 Å². The van der Waals surface area contributed by atoms with Crippen LogP contribution < -0.4 is 5.32 Å². The van der Waals surface area contributed by atoms with Crippen LogP contribution in [0.15, 0.2) is 0 Å². The Labute approximate surface area is 98.0 Å². The summed E-state index contributed by atoms with van der Waals surface area (Å²) in [5.74, 6) is 0. The van der Waals surface area contributed by atoms with Crippen molar-refractivity contribution in [3.05, 3.63) is 0 Å². The van der Waals surface area contributed by atoms with Crippen molar-refractivity contribution >= 4 is 8.07 Å². The first-order valence-electron chi connectivity index (χ1n) is 6.22. The van der Waals surface area contributed by atoms with E-state index in [0.717, 1.165) is 6.54 Å². The Kier molecular flexibility index (Phi) is 5.06. The molecule has 0 rings (SSSR count). The summed E-state index contributed by atoms with van der Waals surface area (Å²) in [4.78, 5) is 0. The normalized spacial score (nSPS) is 17.6. The van der Waals surface area contributed by atoms with E-state index in [2.05, 4.69) is 59.6 Å². The average Bonchev–Trinajstić information content (AvgIpc) is 1.97. The molecular weight excluding hydrogens is 198 g/mol. The zero-order valence-corrected chi connectivity index (χ0v) is 13.1. The zero-order valence-electron chi connectivity index (χ0n) is 12.1. The van der Waals surface area contributed by atoms with Gasteiger partial charge >= 0.3 is 0 Å². The van der Waals surface area contributed by atoms with Crippen molar-refractivity contribution in [2.75, 3.05) is 6.54 Å². The van der Waals surface area contributed by atoms with Crippen molar-refractivity contribution in [2.45, 2.75) is 72.3 Å². The second kappa shape index (κ2) is 5.01. The standard InChI is InChI=1S/C13H31NSi/c1-9-13(5,11-15(6,7)8)10-14-12(2,3)4/h14H,9-11H2,1-8H3. The Morgan fingerprint density at radius 3 is 1.73 bits per heavy atom. The van der Waals surface area contributed by atoms with E-state index in [0.29, 0.717) is 5.41 Å². The van der Waals surface area contributed by atoms with Crippen molar-refractivity contribution in [1.82, 2.24) is 5.32 Å². The molecule has 0 radical (unpaired) electrons. The van der Waals surface area contributed by atoms with Gasteiger partial charge in [0.2, 0.25) is 0 Å². The smallest absolute Gasteiger partial charge is 0.0448 e. The molecule has 0 saturated heterocycles. The second-order valence-electron chi connectivity index (χ2n) is 7.51. The van der Waals surface area contributed by atoms with Gasteiger partial charge in [0.15, 0.2) is 0 Å². The van der Waals surface area contributed by atoms with Gasteiger partial charge in [-0.25, -0.2) is 0 Å². The monoisotopic (exact) mass is 229 g/mol. The quantitative estimate of drug-likeness (QED) is 0.699. The van der Waals surface area contributed by atoms with Gasteiger partial charge in [-0.2, -0.15) is 0 Å². The lowest BCUT2D eigenvalue weighted by molar-refractivity contribution is 0.279. The molecule has 0 aromatic carbocycles. The summed E-state index contributed by atoms with van der Waals surface area (Å²) in [5, 5.41) is 3.66. The minimum atomic E-state index is -0.950. The van der Waals surface area contributed by atoms with Crippen LogP contribution in [0.5, 0.6) is 0 Å². The van der Waals surface area contributed by atoms with Crippen LogP contribution in [0.25, 0.3) is 0 Å². The first-order valence-corrected chi connectivity index (χ1v) is 9.93. The van der Waals surface area contributed by atoms with Gasteiger partial charge in [0, 0.05) is 20.2 Å². The molecule has 2 heteroatoms. The van der Waals surface area contributed by atoms with Crippen molar-refractivity contribution in [1.29, 1.82) is 0 Å². The lowest BCUT2D eigenvalue weighted by Gasteiger charge is -2.37. The molecule has 15 heavy (non-hydrogen) atoms. The van der Waals surface area contributed by atoms with E-state index < -0.39 is 8.07 Å². The van der Waals surface area contributed by atoms with Crippen molar-refractivity contribution < 1.29 is 0 Å². The van der Waals surface area contributed by atoms with E-state index in [1.165, 1.54) is 12.5 Å². The van der Waals surface area contributed by atoms with Gasteiger partial charge in [0.1, 0.15) is 0 Å². The molecule has 92 valence electrons. The topological polar surface area (TPSA) is 12.0 Å². The molecule has 1 unspecified atom stereocenters. The lowest BCUT2D eigenvalue weighted by atomic mass is 9.89. The molecule has 0 aliphatic heterocycles. The molecule has 0 aliphatic rings. The summed E-state index contributed by atoms with van der Waals surface area (Å²) >= 11 is 0. The lowest BCUT2D eigenvalue weighted by Crippen LogP contribution is -2.45. The average molecular weight is 229 g/mol. The van der Waals surface area contributed by atoms with Gasteiger partial charge < -0.3 is 5.32 Å². The largest absolute Gasteiger partial charge is 0.312 e. The first kappa shape index (κ1) is 15.2. The predicted molar refractivity (Wildman–Crippen MR) is 74.3 cm³/mol. The highest BCUT2D eigenvalue weighted by Gasteiger charge is 2.30. The van der Waals surface area contributed by atoms with Gasteiger partial charge in [-0.1, -0.05) is 39.5 Å². The molecule has 1 atom stereocenters. The van der Waals surface area contributed by atoms with Crippen LogP contribution in [-0.2, 0) is 0 Å². The van der Waals surface area contributed by atoms with Crippen LogP contribution in [0, 0.1) is 5.41 Å². The molecule has 0 fully saturated rings. The van der Waals surface area contributed by atoms with E-state index in [1.54, 1.807) is 0 Å². The van der Waals surface area contributed by atoms with Crippen LogP contribution >= 0.6 is 0 Å². The van der Waals surface area contributed by atoms with Crippen LogP contribution in [0.3, 0.4) is 0 Å². The van der Waals surface area contributed by atoms with Gasteiger partial charge in [0.05, 0.1) is 0 Å². The SMILES string of the molecule is CCC(C)(CNC(C)(C)C)C[Si](C)(C)C. The molecule has 1 N–H and O–H groups in total. The summed E-state index contributed by atoms with van der Waals surface area (Å²) in [5.41, 5.74) is 0.730. The number of nitrogens with one attached hydrogen (secondary N) is 1. The fraction of sp³-hybridized carbons (Fsp3) is 1.00. The van der Waals surface area contributed by atoms with E-state index in [4.69, 9.17) is 0 Å². The van der Waals surface area contributed by atoms with Crippen LogP contribution in [0.2, 0.25) is 25.7 Å². The third-order valence-corrected chi connectivity index (χ3v) is 4.77. The minimum Gasteiger partial charge on any atom is -0.312 e. The summed E-state index contributed by atoms with van der Waals surface area (Å²) < 4.78 is 0. The molecule has 0 spiro atoms. The second-order valence-corrected chi connectivity index (χ2v) is 13.0. The Morgan fingerprint density at radius 1 is 1.00 bits per heavy atom. The molecular formula is C13H31NSi. The summed E-state index contributed by atoms with van der Waals surface area (Å²) in [6.07, 6.45) is 1.28. The molecule has 0 amide bonds. The maximum atomic E-state index is 3.66. The predicted octanol–water partition coefficient (Wildman–Crippen LogP) is 4.13. The van der Waals surface area contributed by atoms with Gasteiger partial charge in [-0.05, 0) is 32.6 Å². The molecule has 0 saturated carbocycles. The van der Waals surface area contributed by atoms with Crippen LogP contribution in [-0.4, -0.2) is 20.2 Å². The molecule has 0 aliphatic carbocycles. The first-order chi connectivity index (χ1) is 6.47. The van der Waals surface area contributed by atoms with Crippen LogP contribution in [0.1, 0.15) is 41.0 Å². The number of hydrogen-bond donors (Lipinski definition) is 1. The third kappa shape index (κ3) is 8.03. The molecule has 0 bridgehead atoms. The molecule has 1 nitrogen and oxygen atoms in total. The highest BCUT2D eigenvalue weighted by molar-refractivity contribution is 6.76. The number of rotatable bonds is 5. The zero-order chi connectivity index (χ0) is 12.3. The summed E-state index contributed by atoms with van der Waals surface area (Å²) in [7, 11) is -0.950. The van der Waals surface area contributed by atoms with E-state index >= 15 is 0 Å². The Bertz CT molecular complexity index is 188. The molecule has 0 aromatic rings. The highest BCUT2D eigenvalue weighted by Crippen LogP contribution is 2.32. The Balaban J connectivity index is 4.32. The fourth-order valence-electron chi connectivity index (χ4n) is 2.07. The van der Waals surface area contributed by atoms with Crippen molar-refractivity contribution in [3.8, 4) is 0 Å². The van der Waals surface area contributed by atoms with Crippen molar-refractivity contribution in [2.24, 2.45) is 5.41 Å². The maximum Gasteiger partial charge on any atom is 0.0448 e. The van der Waals surface area contributed by atoms with Gasteiger partial charge in [-0.3, -0.25) is 0 Å². The Morgan fingerprint density at radius 2 is 1.47 bits per heavy atom.